The summed E-state index contributed by atoms with van der Waals surface area (Å²) in [7, 11) is 1.65. The molecular formula is C11H13N3O. The van der Waals surface area contributed by atoms with E-state index < -0.39 is 0 Å². The second kappa shape index (κ2) is 4.13. The number of hydrogen-bond donors (Lipinski definition) is 1. The largest absolute Gasteiger partial charge is 0.497 e. The molecule has 0 saturated carbocycles. The third-order valence-corrected chi connectivity index (χ3v) is 2.19. The molecule has 0 bridgehead atoms. The van der Waals surface area contributed by atoms with Crippen LogP contribution in [0.4, 0.5) is 0 Å². The average Bonchev–Trinajstić information content (AvgIpc) is 2.78. The molecule has 1 aromatic heterocycles. The van der Waals surface area contributed by atoms with Crippen LogP contribution in [0.2, 0.25) is 0 Å². The Bertz CT molecular complexity index is 451. The molecular weight excluding hydrogens is 190 g/mol. The van der Waals surface area contributed by atoms with Crippen LogP contribution in [0.3, 0.4) is 0 Å². The first-order chi connectivity index (χ1) is 7.33. The fourth-order valence-corrected chi connectivity index (χ4v) is 1.34. The first-order valence-corrected chi connectivity index (χ1v) is 4.89. The highest BCUT2D eigenvalue weighted by Gasteiger charge is 2.05. The number of hydrogen-bond acceptors (Lipinski definition) is 3. The van der Waals surface area contributed by atoms with Gasteiger partial charge in [0.2, 0.25) is 0 Å². The number of nitrogens with one attached hydrogen (secondary N) is 1. The SMILES string of the molecule is CCc1nc(-c2cccc(OC)c2)n[nH]1. The molecule has 1 aromatic carbocycles. The molecule has 1 heterocycles. The Kier molecular flexibility index (Phi) is 2.67. The molecule has 0 aliphatic rings. The van der Waals surface area contributed by atoms with E-state index in [1.807, 2.05) is 31.2 Å². The van der Waals surface area contributed by atoms with Gasteiger partial charge in [-0.15, -0.1) is 0 Å². The molecule has 0 radical (unpaired) electrons. The predicted molar refractivity (Wildman–Crippen MR) is 57.7 cm³/mol. The van der Waals surface area contributed by atoms with E-state index in [0.29, 0.717) is 5.82 Å². The van der Waals surface area contributed by atoms with Crippen molar-refractivity contribution in [3.05, 3.63) is 30.1 Å². The summed E-state index contributed by atoms with van der Waals surface area (Å²) in [6.45, 7) is 2.04. The maximum absolute atomic E-state index is 5.14. The van der Waals surface area contributed by atoms with E-state index in [-0.39, 0.29) is 0 Å². The van der Waals surface area contributed by atoms with E-state index >= 15 is 0 Å². The Labute approximate surface area is 88.3 Å². The summed E-state index contributed by atoms with van der Waals surface area (Å²) < 4.78 is 5.14. The lowest BCUT2D eigenvalue weighted by atomic mass is 10.2. The van der Waals surface area contributed by atoms with E-state index in [2.05, 4.69) is 15.2 Å². The van der Waals surface area contributed by atoms with Crippen molar-refractivity contribution < 1.29 is 4.74 Å². The summed E-state index contributed by atoms with van der Waals surface area (Å²) in [4.78, 5) is 4.35. The van der Waals surface area contributed by atoms with E-state index in [1.165, 1.54) is 0 Å². The number of aromatic amines is 1. The molecule has 0 fully saturated rings. The second-order valence-corrected chi connectivity index (χ2v) is 3.19. The number of aryl methyl sites for hydroxylation is 1. The zero-order chi connectivity index (χ0) is 10.7. The number of rotatable bonds is 3. The number of methoxy groups -OCH3 is 1. The van der Waals surface area contributed by atoms with Crippen LogP contribution in [-0.2, 0) is 6.42 Å². The molecule has 4 nitrogen and oxygen atoms in total. The van der Waals surface area contributed by atoms with Crippen LogP contribution in [0.15, 0.2) is 24.3 Å². The van der Waals surface area contributed by atoms with Crippen molar-refractivity contribution in [3.63, 3.8) is 0 Å². The fraction of sp³-hybridized carbons (Fsp3) is 0.273. The average molecular weight is 203 g/mol. The van der Waals surface area contributed by atoms with Crippen LogP contribution < -0.4 is 4.74 Å². The van der Waals surface area contributed by atoms with Gasteiger partial charge in [-0.25, -0.2) is 4.98 Å². The van der Waals surface area contributed by atoms with Crippen molar-refractivity contribution in [3.8, 4) is 17.1 Å². The second-order valence-electron chi connectivity index (χ2n) is 3.19. The minimum atomic E-state index is 0.714. The number of ether oxygens (including phenoxy) is 1. The first-order valence-electron chi connectivity index (χ1n) is 4.89. The lowest BCUT2D eigenvalue weighted by Gasteiger charge is -2.00. The molecule has 0 amide bonds. The third kappa shape index (κ3) is 1.98. The van der Waals surface area contributed by atoms with Crippen LogP contribution >= 0.6 is 0 Å². The lowest BCUT2D eigenvalue weighted by molar-refractivity contribution is 0.415. The van der Waals surface area contributed by atoms with E-state index in [4.69, 9.17) is 4.74 Å². The van der Waals surface area contributed by atoms with Crippen LogP contribution in [0.25, 0.3) is 11.4 Å². The van der Waals surface area contributed by atoms with Crippen molar-refractivity contribution >= 4 is 0 Å². The molecule has 0 unspecified atom stereocenters. The van der Waals surface area contributed by atoms with E-state index in [9.17, 15) is 0 Å². The monoisotopic (exact) mass is 203 g/mol. The van der Waals surface area contributed by atoms with Gasteiger partial charge in [-0.2, -0.15) is 5.10 Å². The van der Waals surface area contributed by atoms with Crippen molar-refractivity contribution in [1.29, 1.82) is 0 Å². The molecule has 0 spiro atoms. The van der Waals surface area contributed by atoms with Gasteiger partial charge in [0.1, 0.15) is 11.6 Å². The standard InChI is InChI=1S/C11H13N3O/c1-3-10-12-11(14-13-10)8-5-4-6-9(7-8)15-2/h4-7H,3H2,1-2H3,(H,12,13,14). The van der Waals surface area contributed by atoms with Crippen molar-refractivity contribution in [2.24, 2.45) is 0 Å². The quantitative estimate of drug-likeness (QED) is 0.830. The van der Waals surface area contributed by atoms with Gasteiger partial charge < -0.3 is 4.74 Å². The fourth-order valence-electron chi connectivity index (χ4n) is 1.34. The molecule has 0 aliphatic carbocycles. The molecule has 0 saturated heterocycles. The maximum Gasteiger partial charge on any atom is 0.181 e. The number of aromatic nitrogens is 3. The number of H-pyrrole nitrogens is 1. The molecule has 2 rings (SSSR count). The molecule has 2 aromatic rings. The molecule has 78 valence electrons. The predicted octanol–water partition coefficient (Wildman–Crippen LogP) is 2.04. The molecule has 1 N–H and O–H groups in total. The Morgan fingerprint density at radius 3 is 2.93 bits per heavy atom. The lowest BCUT2D eigenvalue weighted by Crippen LogP contribution is -1.85. The van der Waals surface area contributed by atoms with E-state index in [0.717, 1.165) is 23.6 Å². The van der Waals surface area contributed by atoms with Crippen molar-refractivity contribution in [2.75, 3.05) is 7.11 Å². The van der Waals surface area contributed by atoms with Crippen LogP contribution in [-0.4, -0.2) is 22.3 Å². The zero-order valence-corrected chi connectivity index (χ0v) is 8.82. The van der Waals surface area contributed by atoms with Gasteiger partial charge in [-0.3, -0.25) is 5.10 Å². The van der Waals surface area contributed by atoms with Crippen molar-refractivity contribution in [1.82, 2.24) is 15.2 Å². The number of nitrogens with zero attached hydrogens (tertiary/aromatic N) is 2. The summed E-state index contributed by atoms with van der Waals surface area (Å²) in [6.07, 6.45) is 0.858. The molecule has 0 atom stereocenters. The van der Waals surface area contributed by atoms with Crippen molar-refractivity contribution in [2.45, 2.75) is 13.3 Å². The highest BCUT2D eigenvalue weighted by atomic mass is 16.5. The molecule has 15 heavy (non-hydrogen) atoms. The summed E-state index contributed by atoms with van der Waals surface area (Å²) in [5.41, 5.74) is 0.963. The minimum absolute atomic E-state index is 0.714. The Balaban J connectivity index is 2.35. The molecule has 0 aliphatic heterocycles. The molecule has 4 heteroatoms. The van der Waals surface area contributed by atoms with Gasteiger partial charge in [0.25, 0.3) is 0 Å². The van der Waals surface area contributed by atoms with Gasteiger partial charge in [0, 0.05) is 12.0 Å². The Morgan fingerprint density at radius 1 is 1.40 bits per heavy atom. The van der Waals surface area contributed by atoms with Gasteiger partial charge in [0.15, 0.2) is 5.82 Å². The smallest absolute Gasteiger partial charge is 0.181 e. The first kappa shape index (κ1) is 9.71. The van der Waals surface area contributed by atoms with Crippen LogP contribution in [0, 0.1) is 0 Å². The van der Waals surface area contributed by atoms with Gasteiger partial charge in [0.05, 0.1) is 7.11 Å². The van der Waals surface area contributed by atoms with Gasteiger partial charge in [-0.1, -0.05) is 19.1 Å². The normalized spacial score (nSPS) is 10.3. The van der Waals surface area contributed by atoms with Crippen LogP contribution in [0.1, 0.15) is 12.7 Å². The van der Waals surface area contributed by atoms with Gasteiger partial charge in [-0.05, 0) is 12.1 Å². The number of benzene rings is 1. The Hall–Kier alpha value is -1.84. The highest BCUT2D eigenvalue weighted by Crippen LogP contribution is 2.20. The summed E-state index contributed by atoms with van der Waals surface area (Å²) in [6, 6.07) is 7.71. The third-order valence-electron chi connectivity index (χ3n) is 2.19. The highest BCUT2D eigenvalue weighted by molar-refractivity contribution is 5.57. The topological polar surface area (TPSA) is 50.8 Å². The summed E-state index contributed by atoms with van der Waals surface area (Å²) >= 11 is 0. The zero-order valence-electron chi connectivity index (χ0n) is 8.82. The minimum Gasteiger partial charge on any atom is -0.497 e. The Morgan fingerprint density at radius 2 is 2.27 bits per heavy atom. The van der Waals surface area contributed by atoms with Crippen LogP contribution in [0.5, 0.6) is 5.75 Å². The summed E-state index contributed by atoms with van der Waals surface area (Å²) in [5, 5.41) is 7.03. The van der Waals surface area contributed by atoms with E-state index in [1.54, 1.807) is 7.11 Å². The maximum atomic E-state index is 5.14. The summed E-state index contributed by atoms with van der Waals surface area (Å²) in [5.74, 6) is 2.42. The van der Waals surface area contributed by atoms with Gasteiger partial charge >= 0.3 is 0 Å².